The first-order chi connectivity index (χ1) is 12.5. The molecule has 0 fully saturated rings. The second-order valence-electron chi connectivity index (χ2n) is 7.15. The summed E-state index contributed by atoms with van der Waals surface area (Å²) >= 11 is 0. The Morgan fingerprint density at radius 1 is 1.35 bits per heavy atom. The molecule has 0 bridgehead atoms. The third-order valence-corrected chi connectivity index (χ3v) is 4.64. The van der Waals surface area contributed by atoms with Crippen molar-refractivity contribution in [3.05, 3.63) is 47.0 Å². The first-order valence-electron chi connectivity index (χ1n) is 9.01. The number of nitrogens with zero attached hydrogens (tertiary/aromatic N) is 4. The Morgan fingerprint density at radius 2 is 2.15 bits per heavy atom. The maximum Gasteiger partial charge on any atom is 0.274 e. The van der Waals surface area contributed by atoms with Gasteiger partial charge in [0.2, 0.25) is 0 Å². The van der Waals surface area contributed by atoms with Crippen LogP contribution < -0.4 is 0 Å². The Labute approximate surface area is 154 Å². The molecule has 0 spiro atoms. The van der Waals surface area contributed by atoms with Crippen LogP contribution in [0, 0.1) is 0 Å². The van der Waals surface area contributed by atoms with Gasteiger partial charge in [0.05, 0.1) is 17.9 Å². The van der Waals surface area contributed by atoms with Gasteiger partial charge in [-0.2, -0.15) is 5.10 Å². The van der Waals surface area contributed by atoms with E-state index < -0.39 is 0 Å². The maximum absolute atomic E-state index is 13.3. The summed E-state index contributed by atoms with van der Waals surface area (Å²) < 4.78 is 5.83. The summed E-state index contributed by atoms with van der Waals surface area (Å²) in [7, 11) is 4.01. The summed E-state index contributed by atoms with van der Waals surface area (Å²) in [6, 6.07) is 3.88. The van der Waals surface area contributed by atoms with Crippen molar-refractivity contribution < 1.29 is 9.53 Å². The van der Waals surface area contributed by atoms with Crippen molar-refractivity contribution >= 4 is 5.91 Å². The number of ether oxygens (including phenoxy) is 1. The largest absolute Gasteiger partial charge is 0.369 e. The van der Waals surface area contributed by atoms with E-state index in [0.29, 0.717) is 25.2 Å². The second kappa shape index (κ2) is 7.97. The lowest BCUT2D eigenvalue weighted by Crippen LogP contribution is -2.37. The van der Waals surface area contributed by atoms with Crippen LogP contribution in [-0.2, 0) is 17.7 Å². The van der Waals surface area contributed by atoms with Gasteiger partial charge in [-0.05, 0) is 39.6 Å². The fourth-order valence-electron chi connectivity index (χ4n) is 3.29. The minimum absolute atomic E-state index is 0.0468. The summed E-state index contributed by atoms with van der Waals surface area (Å²) in [6.45, 7) is 5.95. The molecule has 0 aliphatic carbocycles. The lowest BCUT2D eigenvalue weighted by molar-refractivity contribution is -0.00702. The van der Waals surface area contributed by atoms with Gasteiger partial charge < -0.3 is 14.5 Å². The average molecular weight is 357 g/mol. The number of amides is 1. The molecule has 0 radical (unpaired) electrons. The topological polar surface area (TPSA) is 74.4 Å². The first-order valence-corrected chi connectivity index (χ1v) is 9.01. The van der Waals surface area contributed by atoms with E-state index in [1.807, 2.05) is 45.0 Å². The van der Waals surface area contributed by atoms with Gasteiger partial charge in [0.1, 0.15) is 0 Å². The summed E-state index contributed by atoms with van der Waals surface area (Å²) in [4.78, 5) is 21.3. The highest BCUT2D eigenvalue weighted by molar-refractivity contribution is 5.94. The van der Waals surface area contributed by atoms with Crippen LogP contribution in [-0.4, -0.2) is 64.2 Å². The SMILES string of the molecule is C[C@@H]1Cc2c(C(=O)N(CCN(C)C)Cc3cccnc3)n[nH]c2[C@H](C)O1. The molecule has 1 aliphatic rings. The summed E-state index contributed by atoms with van der Waals surface area (Å²) in [5.74, 6) is -0.0468. The van der Waals surface area contributed by atoms with E-state index >= 15 is 0 Å². The lowest BCUT2D eigenvalue weighted by atomic mass is 9.99. The number of likely N-dealkylation sites (N-methyl/N-ethyl adjacent to an activating group) is 1. The van der Waals surface area contributed by atoms with Crippen LogP contribution in [0.25, 0.3) is 0 Å². The minimum atomic E-state index is -0.0728. The summed E-state index contributed by atoms with van der Waals surface area (Å²) in [5.41, 5.74) is 3.43. The van der Waals surface area contributed by atoms with Crippen LogP contribution >= 0.6 is 0 Å². The van der Waals surface area contributed by atoms with Crippen molar-refractivity contribution in [2.45, 2.75) is 39.0 Å². The zero-order valence-corrected chi connectivity index (χ0v) is 15.9. The molecule has 7 nitrogen and oxygen atoms in total. The Kier molecular flexibility index (Phi) is 5.68. The smallest absolute Gasteiger partial charge is 0.274 e. The van der Waals surface area contributed by atoms with Crippen molar-refractivity contribution in [2.24, 2.45) is 0 Å². The monoisotopic (exact) mass is 357 g/mol. The fourth-order valence-corrected chi connectivity index (χ4v) is 3.29. The maximum atomic E-state index is 13.3. The van der Waals surface area contributed by atoms with Crippen LogP contribution in [0.2, 0.25) is 0 Å². The summed E-state index contributed by atoms with van der Waals surface area (Å²) in [6.07, 6.45) is 4.24. The van der Waals surface area contributed by atoms with E-state index in [0.717, 1.165) is 23.4 Å². The Balaban J connectivity index is 1.85. The van der Waals surface area contributed by atoms with Crippen LogP contribution in [0.3, 0.4) is 0 Å². The molecule has 3 rings (SSSR count). The molecule has 2 atom stereocenters. The van der Waals surface area contributed by atoms with Crippen molar-refractivity contribution in [1.29, 1.82) is 0 Å². The number of rotatable bonds is 6. The van der Waals surface area contributed by atoms with E-state index in [4.69, 9.17) is 4.74 Å². The number of hydrogen-bond donors (Lipinski definition) is 1. The predicted octanol–water partition coefficient (Wildman–Crippen LogP) is 2.03. The number of aromatic nitrogens is 3. The van der Waals surface area contributed by atoms with Crippen LogP contribution in [0.1, 0.15) is 47.3 Å². The van der Waals surface area contributed by atoms with Gasteiger partial charge in [-0.25, -0.2) is 0 Å². The minimum Gasteiger partial charge on any atom is -0.369 e. The average Bonchev–Trinajstić information content (AvgIpc) is 3.02. The van der Waals surface area contributed by atoms with Gasteiger partial charge in [-0.15, -0.1) is 0 Å². The molecule has 3 heterocycles. The molecule has 1 aliphatic heterocycles. The van der Waals surface area contributed by atoms with Gasteiger partial charge >= 0.3 is 0 Å². The van der Waals surface area contributed by atoms with E-state index in [9.17, 15) is 4.79 Å². The quantitative estimate of drug-likeness (QED) is 0.856. The molecule has 2 aromatic rings. The molecule has 0 aromatic carbocycles. The Bertz CT molecular complexity index is 744. The highest BCUT2D eigenvalue weighted by Crippen LogP contribution is 2.30. The highest BCUT2D eigenvalue weighted by atomic mass is 16.5. The fraction of sp³-hybridized carbons (Fsp3) is 0.526. The van der Waals surface area contributed by atoms with Crippen molar-refractivity contribution in [1.82, 2.24) is 25.0 Å². The van der Waals surface area contributed by atoms with Crippen molar-refractivity contribution in [3.63, 3.8) is 0 Å². The van der Waals surface area contributed by atoms with Gasteiger partial charge in [-0.3, -0.25) is 14.9 Å². The van der Waals surface area contributed by atoms with Gasteiger partial charge in [0.25, 0.3) is 5.91 Å². The zero-order chi connectivity index (χ0) is 18.7. The van der Waals surface area contributed by atoms with Crippen molar-refractivity contribution in [3.8, 4) is 0 Å². The number of carbonyl (C=O) groups is 1. The number of carbonyl (C=O) groups excluding carboxylic acids is 1. The molecule has 26 heavy (non-hydrogen) atoms. The molecule has 0 saturated carbocycles. The van der Waals surface area contributed by atoms with E-state index in [1.165, 1.54) is 0 Å². The summed E-state index contributed by atoms with van der Waals surface area (Å²) in [5, 5.41) is 7.36. The standard InChI is InChI=1S/C19H27N5O2/c1-13-10-16-17(14(2)26-13)21-22-18(16)19(25)24(9-8-23(3)4)12-15-6-5-7-20-11-15/h5-7,11,13-14H,8-10,12H2,1-4H3,(H,21,22)/t13-,14+/m1/s1. The lowest BCUT2D eigenvalue weighted by Gasteiger charge is -2.27. The van der Waals surface area contributed by atoms with E-state index in [1.54, 1.807) is 12.4 Å². The van der Waals surface area contributed by atoms with E-state index in [2.05, 4.69) is 20.1 Å². The highest BCUT2D eigenvalue weighted by Gasteiger charge is 2.31. The normalized spacial score (nSPS) is 19.4. The molecular formula is C19H27N5O2. The number of fused-ring (bicyclic) bond motifs is 1. The zero-order valence-electron chi connectivity index (χ0n) is 15.9. The molecule has 0 saturated heterocycles. The third kappa shape index (κ3) is 4.11. The number of nitrogens with one attached hydrogen (secondary N) is 1. The molecular weight excluding hydrogens is 330 g/mol. The molecule has 1 amide bonds. The van der Waals surface area contributed by atoms with Crippen molar-refractivity contribution in [2.75, 3.05) is 27.2 Å². The Morgan fingerprint density at radius 3 is 2.85 bits per heavy atom. The molecule has 140 valence electrons. The number of aromatic amines is 1. The molecule has 7 heteroatoms. The number of hydrogen-bond acceptors (Lipinski definition) is 5. The van der Waals surface area contributed by atoms with Crippen LogP contribution in [0.15, 0.2) is 24.5 Å². The number of H-pyrrole nitrogens is 1. The van der Waals surface area contributed by atoms with Crippen LogP contribution in [0.5, 0.6) is 0 Å². The second-order valence-corrected chi connectivity index (χ2v) is 7.15. The third-order valence-electron chi connectivity index (χ3n) is 4.64. The van der Waals surface area contributed by atoms with Gasteiger partial charge in [0.15, 0.2) is 5.69 Å². The number of pyridine rings is 1. The molecule has 1 N–H and O–H groups in total. The van der Waals surface area contributed by atoms with E-state index in [-0.39, 0.29) is 18.1 Å². The molecule has 2 aromatic heterocycles. The molecule has 0 unspecified atom stereocenters. The Hall–Kier alpha value is -2.25. The van der Waals surface area contributed by atoms with Gasteiger partial charge in [0, 0.05) is 44.0 Å². The van der Waals surface area contributed by atoms with Crippen LogP contribution in [0.4, 0.5) is 0 Å². The van der Waals surface area contributed by atoms with Gasteiger partial charge in [-0.1, -0.05) is 6.07 Å². The predicted molar refractivity (Wildman–Crippen MR) is 98.8 cm³/mol. The first kappa shape index (κ1) is 18.5.